The molecule has 1 aliphatic carbocycles. The number of sulfonamides is 1. The van der Waals surface area contributed by atoms with Crippen LogP contribution in [0.1, 0.15) is 43.5 Å². The van der Waals surface area contributed by atoms with Crippen LogP contribution in [0.3, 0.4) is 0 Å². The molecule has 3 atom stereocenters. The first kappa shape index (κ1) is 20.1. The Morgan fingerprint density at radius 1 is 1.16 bits per heavy atom. The number of hydrogen-bond donors (Lipinski definition) is 2. The standard InChI is InChI=1S/C22H26N6O2S/c1-15-12-17(27-31(29,30)11-5-8-16-6-3-2-4-7-16)13-18(15)22-26-25-20-14-24-21-19(28(20)22)9-10-23-21/h2-4,6-7,9-10,14-15,17-18,23,27H,5,8,11-13H2,1H3/t15-,17+,18+/m1/s1. The lowest BCUT2D eigenvalue weighted by Crippen LogP contribution is -2.35. The first-order chi connectivity index (χ1) is 15.0. The molecule has 0 spiro atoms. The monoisotopic (exact) mass is 438 g/mol. The molecule has 9 heteroatoms. The topological polar surface area (TPSA) is 105 Å². The first-order valence-electron chi connectivity index (χ1n) is 10.7. The fourth-order valence-electron chi connectivity index (χ4n) is 4.77. The van der Waals surface area contributed by atoms with E-state index in [4.69, 9.17) is 0 Å². The Bertz CT molecular complexity index is 1300. The van der Waals surface area contributed by atoms with Gasteiger partial charge < -0.3 is 4.98 Å². The molecule has 1 aromatic carbocycles. The van der Waals surface area contributed by atoms with Crippen molar-refractivity contribution in [2.24, 2.45) is 5.92 Å². The third-order valence-electron chi connectivity index (χ3n) is 6.25. The minimum absolute atomic E-state index is 0.0855. The number of hydrogen-bond acceptors (Lipinski definition) is 5. The van der Waals surface area contributed by atoms with E-state index < -0.39 is 10.0 Å². The Balaban J connectivity index is 1.27. The molecular formula is C22H26N6O2S. The van der Waals surface area contributed by atoms with Gasteiger partial charge in [-0.1, -0.05) is 37.3 Å². The summed E-state index contributed by atoms with van der Waals surface area (Å²) < 4.78 is 30.3. The number of aromatic amines is 1. The lowest BCUT2D eigenvalue weighted by Gasteiger charge is -2.14. The summed E-state index contributed by atoms with van der Waals surface area (Å²) in [4.78, 5) is 7.49. The maximum absolute atomic E-state index is 12.7. The molecule has 0 amide bonds. The highest BCUT2D eigenvalue weighted by atomic mass is 32.2. The third-order valence-corrected chi connectivity index (χ3v) is 7.77. The molecule has 3 aromatic heterocycles. The molecule has 0 radical (unpaired) electrons. The molecule has 0 saturated heterocycles. The van der Waals surface area contributed by atoms with E-state index in [0.717, 1.165) is 35.4 Å². The molecule has 31 heavy (non-hydrogen) atoms. The van der Waals surface area contributed by atoms with Crippen molar-refractivity contribution in [1.29, 1.82) is 0 Å². The Kier molecular flexibility index (Phi) is 5.23. The second-order valence-electron chi connectivity index (χ2n) is 8.50. The van der Waals surface area contributed by atoms with Gasteiger partial charge in [-0.3, -0.25) is 4.40 Å². The first-order valence-corrected chi connectivity index (χ1v) is 12.4. The molecular weight excluding hydrogens is 412 g/mol. The molecule has 8 nitrogen and oxygen atoms in total. The predicted molar refractivity (Wildman–Crippen MR) is 119 cm³/mol. The number of nitrogens with one attached hydrogen (secondary N) is 2. The smallest absolute Gasteiger partial charge is 0.211 e. The lowest BCUT2D eigenvalue weighted by atomic mass is 9.97. The van der Waals surface area contributed by atoms with Crippen LogP contribution in [0.2, 0.25) is 0 Å². The van der Waals surface area contributed by atoms with Crippen molar-refractivity contribution in [3.63, 3.8) is 0 Å². The molecule has 0 unspecified atom stereocenters. The maximum atomic E-state index is 12.7. The summed E-state index contributed by atoms with van der Waals surface area (Å²) >= 11 is 0. The van der Waals surface area contributed by atoms with Gasteiger partial charge in [-0.25, -0.2) is 18.1 Å². The fraction of sp³-hybridized carbons (Fsp3) is 0.409. The largest absolute Gasteiger partial charge is 0.345 e. The van der Waals surface area contributed by atoms with Crippen LogP contribution in [0.25, 0.3) is 16.8 Å². The molecule has 1 fully saturated rings. The van der Waals surface area contributed by atoms with Crippen molar-refractivity contribution in [2.45, 2.75) is 44.6 Å². The van der Waals surface area contributed by atoms with Crippen LogP contribution < -0.4 is 4.72 Å². The van der Waals surface area contributed by atoms with E-state index in [2.05, 4.69) is 31.8 Å². The van der Waals surface area contributed by atoms with Crippen molar-refractivity contribution in [3.8, 4) is 0 Å². The summed E-state index contributed by atoms with van der Waals surface area (Å²) in [6, 6.07) is 11.9. The summed E-state index contributed by atoms with van der Waals surface area (Å²) in [5.41, 5.74) is 3.60. The quantitative estimate of drug-likeness (QED) is 0.461. The zero-order valence-corrected chi connectivity index (χ0v) is 18.2. The van der Waals surface area contributed by atoms with Crippen LogP contribution in [0.5, 0.6) is 0 Å². The van der Waals surface area contributed by atoms with Crippen LogP contribution in [0.15, 0.2) is 48.8 Å². The van der Waals surface area contributed by atoms with Gasteiger partial charge in [0, 0.05) is 18.2 Å². The second-order valence-corrected chi connectivity index (χ2v) is 10.4. The van der Waals surface area contributed by atoms with Crippen molar-refractivity contribution in [2.75, 3.05) is 5.75 Å². The van der Waals surface area contributed by atoms with Crippen molar-refractivity contribution >= 4 is 26.8 Å². The van der Waals surface area contributed by atoms with Crippen LogP contribution in [-0.4, -0.2) is 44.8 Å². The number of rotatable bonds is 7. The number of H-pyrrole nitrogens is 1. The second kappa shape index (κ2) is 8.05. The van der Waals surface area contributed by atoms with Gasteiger partial charge in [-0.15, -0.1) is 10.2 Å². The highest BCUT2D eigenvalue weighted by Crippen LogP contribution is 2.39. The Morgan fingerprint density at radius 3 is 2.84 bits per heavy atom. The predicted octanol–water partition coefficient (Wildman–Crippen LogP) is 3.04. The van der Waals surface area contributed by atoms with Gasteiger partial charge in [0.15, 0.2) is 11.3 Å². The number of nitrogens with zero attached hydrogens (tertiary/aromatic N) is 4. The fourth-order valence-corrected chi connectivity index (χ4v) is 6.11. The van der Waals surface area contributed by atoms with Gasteiger partial charge in [-0.2, -0.15) is 0 Å². The molecule has 1 saturated carbocycles. The molecule has 162 valence electrons. The Labute approximate surface area is 181 Å². The lowest BCUT2D eigenvalue weighted by molar-refractivity contribution is 0.505. The molecule has 3 heterocycles. The summed E-state index contributed by atoms with van der Waals surface area (Å²) in [5.74, 6) is 1.44. The SMILES string of the molecule is C[C@@H]1C[C@H](NS(=O)(=O)CCCc2ccccc2)C[C@@H]1c1nnc2cnc3[nH]ccc3n12. The molecule has 5 rings (SSSR count). The average Bonchev–Trinajstić information content (AvgIpc) is 3.45. The number of fused-ring (bicyclic) bond motifs is 3. The summed E-state index contributed by atoms with van der Waals surface area (Å²) in [7, 11) is -3.33. The zero-order chi connectivity index (χ0) is 21.4. The van der Waals surface area contributed by atoms with E-state index in [1.54, 1.807) is 6.20 Å². The highest BCUT2D eigenvalue weighted by molar-refractivity contribution is 7.89. The van der Waals surface area contributed by atoms with Crippen LogP contribution in [0, 0.1) is 5.92 Å². The Hall–Kier alpha value is -2.78. The van der Waals surface area contributed by atoms with Crippen LogP contribution in [0.4, 0.5) is 0 Å². The van der Waals surface area contributed by atoms with E-state index in [0.29, 0.717) is 24.4 Å². The van der Waals surface area contributed by atoms with Gasteiger partial charge in [0.25, 0.3) is 0 Å². The van der Waals surface area contributed by atoms with Crippen molar-refractivity contribution in [1.82, 2.24) is 29.3 Å². The summed E-state index contributed by atoms with van der Waals surface area (Å²) in [5, 5.41) is 8.75. The van der Waals surface area contributed by atoms with Crippen molar-refractivity contribution in [3.05, 3.63) is 60.2 Å². The minimum atomic E-state index is -3.33. The molecule has 1 aliphatic rings. The van der Waals surface area contributed by atoms with E-state index in [1.807, 2.05) is 47.0 Å². The number of benzene rings is 1. The van der Waals surface area contributed by atoms with Crippen molar-refractivity contribution < 1.29 is 8.42 Å². The summed E-state index contributed by atoms with van der Waals surface area (Å²) in [6.07, 6.45) is 6.44. The molecule has 4 aromatic rings. The molecule has 0 bridgehead atoms. The van der Waals surface area contributed by atoms with E-state index >= 15 is 0 Å². The average molecular weight is 439 g/mol. The van der Waals surface area contributed by atoms with Gasteiger partial charge in [0.2, 0.25) is 10.0 Å². The van der Waals surface area contributed by atoms with E-state index in [1.165, 1.54) is 0 Å². The maximum Gasteiger partial charge on any atom is 0.211 e. The highest BCUT2D eigenvalue weighted by Gasteiger charge is 2.37. The van der Waals surface area contributed by atoms with Gasteiger partial charge >= 0.3 is 0 Å². The third kappa shape index (κ3) is 4.07. The molecule has 0 aliphatic heterocycles. The van der Waals surface area contributed by atoms with E-state index in [-0.39, 0.29) is 17.7 Å². The normalized spacial score (nSPS) is 21.9. The number of aryl methyl sites for hydroxylation is 1. The van der Waals surface area contributed by atoms with Gasteiger partial charge in [0.1, 0.15) is 5.82 Å². The summed E-state index contributed by atoms with van der Waals surface area (Å²) in [6.45, 7) is 2.16. The number of aromatic nitrogens is 5. The van der Waals surface area contributed by atoms with Crippen LogP contribution in [-0.2, 0) is 16.4 Å². The molecule has 2 N–H and O–H groups in total. The van der Waals surface area contributed by atoms with E-state index in [9.17, 15) is 8.42 Å². The van der Waals surface area contributed by atoms with Crippen LogP contribution >= 0.6 is 0 Å². The minimum Gasteiger partial charge on any atom is -0.345 e. The van der Waals surface area contributed by atoms with Gasteiger partial charge in [0.05, 0.1) is 17.5 Å². The Morgan fingerprint density at radius 2 is 2.00 bits per heavy atom. The van der Waals surface area contributed by atoms with Gasteiger partial charge in [-0.05, 0) is 43.2 Å². The zero-order valence-electron chi connectivity index (χ0n) is 17.4.